The van der Waals surface area contributed by atoms with Gasteiger partial charge in [-0.2, -0.15) is 0 Å². The number of carbonyl (C=O) groups is 2. The van der Waals surface area contributed by atoms with Crippen LogP contribution in [0, 0.1) is 5.92 Å². The molecule has 0 radical (unpaired) electrons. The second-order valence-electron chi connectivity index (χ2n) is 5.85. The monoisotopic (exact) mass is 352 g/mol. The highest BCUT2D eigenvalue weighted by Crippen LogP contribution is 2.22. The summed E-state index contributed by atoms with van der Waals surface area (Å²) in [5.74, 6) is 1.36. The summed E-state index contributed by atoms with van der Waals surface area (Å²) in [5, 5.41) is 3.56. The van der Waals surface area contributed by atoms with Gasteiger partial charge in [0.2, 0.25) is 11.8 Å². The number of rotatable bonds is 5. The summed E-state index contributed by atoms with van der Waals surface area (Å²) in [7, 11) is 0. The van der Waals surface area contributed by atoms with Gasteiger partial charge < -0.3 is 10.2 Å². The largest absolute Gasteiger partial charge is 0.354 e. The molecule has 0 spiro atoms. The normalized spacial score (nSPS) is 17.9. The van der Waals surface area contributed by atoms with Gasteiger partial charge in [0.05, 0.1) is 5.88 Å². The molecule has 1 heterocycles. The van der Waals surface area contributed by atoms with Crippen LogP contribution in [0.2, 0.25) is 5.02 Å². The van der Waals surface area contributed by atoms with Gasteiger partial charge in [-0.3, -0.25) is 9.59 Å². The van der Waals surface area contributed by atoms with Crippen LogP contribution in [-0.4, -0.2) is 40.9 Å². The SMILES string of the molecule is CC(C)CNC(=O)C1CSCN1C(=O)C=Cc1ccc(Cl)cc1. The summed E-state index contributed by atoms with van der Waals surface area (Å²) >= 11 is 7.44. The summed E-state index contributed by atoms with van der Waals surface area (Å²) in [6, 6.07) is 6.86. The molecule has 1 saturated heterocycles. The Balaban J connectivity index is 1.97. The maximum absolute atomic E-state index is 12.4. The Kier molecular flexibility index (Phi) is 6.54. The summed E-state index contributed by atoms with van der Waals surface area (Å²) in [4.78, 5) is 26.2. The van der Waals surface area contributed by atoms with Gasteiger partial charge in [-0.1, -0.05) is 37.6 Å². The van der Waals surface area contributed by atoms with E-state index in [1.54, 1.807) is 34.9 Å². The minimum absolute atomic E-state index is 0.0723. The van der Waals surface area contributed by atoms with Crippen molar-refractivity contribution in [2.24, 2.45) is 5.92 Å². The van der Waals surface area contributed by atoms with Crippen LogP contribution in [0.25, 0.3) is 6.08 Å². The van der Waals surface area contributed by atoms with Gasteiger partial charge in [-0.25, -0.2) is 0 Å². The van der Waals surface area contributed by atoms with Crippen molar-refractivity contribution in [3.05, 3.63) is 40.9 Å². The predicted molar refractivity (Wildman–Crippen MR) is 96.3 cm³/mol. The molecule has 0 bridgehead atoms. The third-order valence-electron chi connectivity index (χ3n) is 3.44. The van der Waals surface area contributed by atoms with Gasteiger partial charge >= 0.3 is 0 Å². The lowest BCUT2D eigenvalue weighted by Gasteiger charge is -2.22. The van der Waals surface area contributed by atoms with Crippen molar-refractivity contribution in [1.29, 1.82) is 0 Å². The highest BCUT2D eigenvalue weighted by atomic mass is 35.5. The topological polar surface area (TPSA) is 49.4 Å². The third-order valence-corrected chi connectivity index (χ3v) is 4.71. The lowest BCUT2D eigenvalue weighted by Crippen LogP contribution is -2.47. The first-order chi connectivity index (χ1) is 11.0. The minimum atomic E-state index is -0.388. The fourth-order valence-electron chi connectivity index (χ4n) is 2.14. The zero-order valence-electron chi connectivity index (χ0n) is 13.3. The number of halogens is 1. The van der Waals surface area contributed by atoms with Gasteiger partial charge in [-0.05, 0) is 29.7 Å². The van der Waals surface area contributed by atoms with E-state index < -0.39 is 0 Å². The van der Waals surface area contributed by atoms with Crippen LogP contribution in [0.5, 0.6) is 0 Å². The second-order valence-corrected chi connectivity index (χ2v) is 7.28. The molecule has 1 aliphatic heterocycles. The van der Waals surface area contributed by atoms with Crippen LogP contribution in [0.1, 0.15) is 19.4 Å². The van der Waals surface area contributed by atoms with Crippen molar-refractivity contribution >= 4 is 41.3 Å². The molecule has 0 saturated carbocycles. The first-order valence-electron chi connectivity index (χ1n) is 7.57. The Morgan fingerprint density at radius 1 is 1.39 bits per heavy atom. The molecule has 1 aliphatic rings. The van der Waals surface area contributed by atoms with Crippen molar-refractivity contribution in [2.75, 3.05) is 18.2 Å². The predicted octanol–water partition coefficient (Wildman–Crippen LogP) is 3.03. The van der Waals surface area contributed by atoms with Gasteiger partial charge in [-0.15, -0.1) is 11.8 Å². The Labute approximate surface area is 146 Å². The second kappa shape index (κ2) is 8.41. The Morgan fingerprint density at radius 2 is 2.09 bits per heavy atom. The molecule has 2 amide bonds. The van der Waals surface area contributed by atoms with Crippen LogP contribution >= 0.6 is 23.4 Å². The molecule has 2 rings (SSSR count). The van der Waals surface area contributed by atoms with E-state index in [2.05, 4.69) is 5.32 Å². The van der Waals surface area contributed by atoms with Crippen LogP contribution < -0.4 is 5.32 Å². The molecule has 1 aromatic rings. The molecule has 1 atom stereocenters. The smallest absolute Gasteiger partial charge is 0.247 e. The first-order valence-corrected chi connectivity index (χ1v) is 9.10. The number of benzene rings is 1. The number of amides is 2. The Bertz CT molecular complexity index is 587. The van der Waals surface area contributed by atoms with E-state index in [9.17, 15) is 9.59 Å². The van der Waals surface area contributed by atoms with Crippen molar-refractivity contribution in [2.45, 2.75) is 19.9 Å². The van der Waals surface area contributed by atoms with Crippen LogP contribution in [0.3, 0.4) is 0 Å². The summed E-state index contributed by atoms with van der Waals surface area (Å²) in [6.45, 7) is 4.71. The van der Waals surface area contributed by atoms with Crippen LogP contribution in [0.4, 0.5) is 0 Å². The summed E-state index contributed by atoms with van der Waals surface area (Å²) < 4.78 is 0. The number of nitrogens with one attached hydrogen (secondary N) is 1. The maximum Gasteiger partial charge on any atom is 0.247 e. The van der Waals surface area contributed by atoms with E-state index >= 15 is 0 Å². The number of nitrogens with zero attached hydrogens (tertiary/aromatic N) is 1. The average Bonchev–Trinajstić information content (AvgIpc) is 3.01. The minimum Gasteiger partial charge on any atom is -0.354 e. The molecule has 1 N–H and O–H groups in total. The molecule has 23 heavy (non-hydrogen) atoms. The highest BCUT2D eigenvalue weighted by Gasteiger charge is 2.33. The number of carbonyl (C=O) groups excluding carboxylic acids is 2. The molecule has 0 aromatic heterocycles. The Hall–Kier alpha value is -1.46. The van der Waals surface area contributed by atoms with Gasteiger partial charge in [0.25, 0.3) is 0 Å². The average molecular weight is 353 g/mol. The standard InChI is InChI=1S/C17H21ClN2O2S/c1-12(2)9-19-17(22)15-10-23-11-20(15)16(21)8-5-13-3-6-14(18)7-4-13/h3-8,12,15H,9-11H2,1-2H3,(H,19,22). The van der Waals surface area contributed by atoms with Crippen molar-refractivity contribution in [3.8, 4) is 0 Å². The van der Waals surface area contributed by atoms with E-state index in [1.165, 1.54) is 6.08 Å². The fourth-order valence-corrected chi connectivity index (χ4v) is 3.43. The van der Waals surface area contributed by atoms with Gasteiger partial charge in [0.15, 0.2) is 0 Å². The lowest BCUT2D eigenvalue weighted by molar-refractivity contribution is -0.134. The molecular formula is C17H21ClN2O2S. The Morgan fingerprint density at radius 3 is 2.74 bits per heavy atom. The fraction of sp³-hybridized carbons (Fsp3) is 0.412. The molecule has 0 aliphatic carbocycles. The summed E-state index contributed by atoms with van der Waals surface area (Å²) in [6.07, 6.45) is 3.25. The molecule has 124 valence electrons. The van der Waals surface area contributed by atoms with Gasteiger partial charge in [0.1, 0.15) is 6.04 Å². The molecule has 6 heteroatoms. The maximum atomic E-state index is 12.4. The first kappa shape index (κ1) is 17.9. The lowest BCUT2D eigenvalue weighted by atomic mass is 10.2. The van der Waals surface area contributed by atoms with Crippen LogP contribution in [-0.2, 0) is 9.59 Å². The quantitative estimate of drug-likeness (QED) is 0.829. The van der Waals surface area contributed by atoms with E-state index in [-0.39, 0.29) is 17.9 Å². The van der Waals surface area contributed by atoms with E-state index in [0.29, 0.717) is 29.1 Å². The number of hydrogen-bond acceptors (Lipinski definition) is 3. The van der Waals surface area contributed by atoms with Gasteiger partial charge in [0, 0.05) is 23.4 Å². The molecular weight excluding hydrogens is 332 g/mol. The zero-order chi connectivity index (χ0) is 16.8. The van der Waals surface area contributed by atoms with Crippen molar-refractivity contribution < 1.29 is 9.59 Å². The highest BCUT2D eigenvalue weighted by molar-refractivity contribution is 7.99. The van der Waals surface area contributed by atoms with E-state index in [0.717, 1.165) is 5.56 Å². The molecule has 1 unspecified atom stereocenters. The summed E-state index contributed by atoms with van der Waals surface area (Å²) in [5.41, 5.74) is 0.899. The van der Waals surface area contributed by atoms with Crippen LogP contribution in [0.15, 0.2) is 30.3 Å². The van der Waals surface area contributed by atoms with E-state index in [4.69, 9.17) is 11.6 Å². The third kappa shape index (κ3) is 5.29. The number of hydrogen-bond donors (Lipinski definition) is 1. The zero-order valence-corrected chi connectivity index (χ0v) is 14.9. The molecule has 4 nitrogen and oxygen atoms in total. The van der Waals surface area contributed by atoms with Crippen molar-refractivity contribution in [3.63, 3.8) is 0 Å². The molecule has 1 fully saturated rings. The molecule has 1 aromatic carbocycles. The number of thioether (sulfide) groups is 1. The van der Waals surface area contributed by atoms with Crippen molar-refractivity contribution in [1.82, 2.24) is 10.2 Å². The van der Waals surface area contributed by atoms with E-state index in [1.807, 2.05) is 26.0 Å².